The number of aliphatic hydroxyl groups is 1. The maximum absolute atomic E-state index is 12.6. The molecule has 122 valence electrons. The fourth-order valence-corrected chi connectivity index (χ4v) is 3.40. The fourth-order valence-electron chi connectivity index (χ4n) is 3.09. The molecule has 23 heavy (non-hydrogen) atoms. The van der Waals surface area contributed by atoms with Crippen molar-refractivity contribution in [2.75, 3.05) is 25.0 Å². The number of amides is 2. The van der Waals surface area contributed by atoms with E-state index in [0.717, 1.165) is 29.3 Å². The summed E-state index contributed by atoms with van der Waals surface area (Å²) in [4.78, 5) is 18.7. The lowest BCUT2D eigenvalue weighted by Gasteiger charge is -2.32. The molecule has 3 rings (SSSR count). The van der Waals surface area contributed by atoms with Crippen molar-refractivity contribution in [1.29, 1.82) is 0 Å². The summed E-state index contributed by atoms with van der Waals surface area (Å²) in [6.07, 6.45) is 3.59. The summed E-state index contributed by atoms with van der Waals surface area (Å²) >= 11 is 6.35. The summed E-state index contributed by atoms with van der Waals surface area (Å²) < 4.78 is 0. The Morgan fingerprint density at radius 1 is 1.57 bits per heavy atom. The van der Waals surface area contributed by atoms with Crippen LogP contribution in [0.5, 0.6) is 0 Å². The van der Waals surface area contributed by atoms with Crippen LogP contribution in [0.3, 0.4) is 0 Å². The van der Waals surface area contributed by atoms with Gasteiger partial charge in [0.1, 0.15) is 0 Å². The Bertz CT molecular complexity index is 735. The predicted octanol–water partition coefficient (Wildman–Crippen LogP) is 3.43. The van der Waals surface area contributed by atoms with Gasteiger partial charge in [0.25, 0.3) is 0 Å². The molecule has 0 spiro atoms. The molecule has 1 aromatic carbocycles. The number of hydrogen-bond acceptors (Lipinski definition) is 3. The molecule has 1 aromatic heterocycles. The van der Waals surface area contributed by atoms with Crippen LogP contribution >= 0.6 is 11.6 Å². The normalized spacial score (nSPS) is 18.2. The van der Waals surface area contributed by atoms with Crippen LogP contribution in [0, 0.1) is 12.8 Å². The minimum atomic E-state index is -0.181. The Morgan fingerprint density at radius 2 is 2.39 bits per heavy atom. The molecule has 6 heteroatoms. The fraction of sp³-hybridized carbons (Fsp3) is 0.412. The van der Waals surface area contributed by atoms with Crippen molar-refractivity contribution < 1.29 is 9.90 Å². The van der Waals surface area contributed by atoms with Crippen LogP contribution in [0.4, 0.5) is 10.5 Å². The van der Waals surface area contributed by atoms with Crippen LogP contribution in [0.1, 0.15) is 18.4 Å². The molecule has 1 atom stereocenters. The molecular weight excluding hydrogens is 314 g/mol. The van der Waals surface area contributed by atoms with Gasteiger partial charge in [0.15, 0.2) is 0 Å². The predicted molar refractivity (Wildman–Crippen MR) is 91.9 cm³/mol. The quantitative estimate of drug-likeness (QED) is 0.884. The number of fused-ring (bicyclic) bond motifs is 1. The summed E-state index contributed by atoms with van der Waals surface area (Å²) in [5.74, 6) is 0.154. The molecule has 0 radical (unpaired) electrons. The van der Waals surface area contributed by atoms with Gasteiger partial charge in [0.05, 0.1) is 16.2 Å². The molecule has 1 unspecified atom stereocenters. The molecule has 5 nitrogen and oxygen atoms in total. The first-order valence-corrected chi connectivity index (χ1v) is 8.18. The van der Waals surface area contributed by atoms with Crippen molar-refractivity contribution >= 4 is 34.2 Å². The summed E-state index contributed by atoms with van der Waals surface area (Å²) in [7, 11) is 0. The second-order valence-electron chi connectivity index (χ2n) is 6.02. The van der Waals surface area contributed by atoms with Gasteiger partial charge in [0.2, 0.25) is 0 Å². The van der Waals surface area contributed by atoms with Gasteiger partial charge in [-0.25, -0.2) is 4.79 Å². The van der Waals surface area contributed by atoms with E-state index in [-0.39, 0.29) is 18.6 Å². The van der Waals surface area contributed by atoms with Crippen molar-refractivity contribution in [1.82, 2.24) is 9.88 Å². The number of rotatable bonds is 2. The molecule has 2 aromatic rings. The van der Waals surface area contributed by atoms with E-state index in [1.54, 1.807) is 11.1 Å². The zero-order valence-corrected chi connectivity index (χ0v) is 13.8. The lowest BCUT2D eigenvalue weighted by Crippen LogP contribution is -2.43. The zero-order valence-electron chi connectivity index (χ0n) is 13.1. The number of likely N-dealkylation sites (tertiary alicyclic amines) is 1. The highest BCUT2D eigenvalue weighted by atomic mass is 35.5. The van der Waals surface area contributed by atoms with E-state index in [1.807, 2.05) is 25.1 Å². The number of hydrogen-bond donors (Lipinski definition) is 2. The number of aryl methyl sites for hydroxylation is 1. The molecule has 0 saturated carbocycles. The number of nitrogens with zero attached hydrogens (tertiary/aromatic N) is 2. The Kier molecular flexibility index (Phi) is 4.68. The lowest BCUT2D eigenvalue weighted by molar-refractivity contribution is 0.136. The van der Waals surface area contributed by atoms with E-state index in [4.69, 9.17) is 11.6 Å². The molecule has 0 aliphatic carbocycles. The summed E-state index contributed by atoms with van der Waals surface area (Å²) in [6.45, 7) is 3.33. The van der Waals surface area contributed by atoms with Gasteiger partial charge in [-0.05, 0) is 49.4 Å². The molecule has 2 heterocycles. The number of halogens is 1. The summed E-state index contributed by atoms with van der Waals surface area (Å²) in [5, 5.41) is 13.6. The largest absolute Gasteiger partial charge is 0.396 e. The van der Waals surface area contributed by atoms with E-state index in [2.05, 4.69) is 10.3 Å². The monoisotopic (exact) mass is 333 g/mol. The maximum atomic E-state index is 12.6. The van der Waals surface area contributed by atoms with E-state index in [9.17, 15) is 9.90 Å². The van der Waals surface area contributed by atoms with Crippen LogP contribution in [0.25, 0.3) is 10.9 Å². The Hall–Kier alpha value is -1.85. The third-order valence-corrected chi connectivity index (χ3v) is 4.63. The van der Waals surface area contributed by atoms with Gasteiger partial charge in [0, 0.05) is 31.3 Å². The minimum Gasteiger partial charge on any atom is -0.396 e. The van der Waals surface area contributed by atoms with Crippen molar-refractivity contribution in [2.24, 2.45) is 5.92 Å². The van der Waals surface area contributed by atoms with E-state index < -0.39 is 0 Å². The third kappa shape index (κ3) is 3.26. The Morgan fingerprint density at radius 3 is 3.17 bits per heavy atom. The number of urea groups is 1. The van der Waals surface area contributed by atoms with Gasteiger partial charge in [-0.1, -0.05) is 11.6 Å². The van der Waals surface area contributed by atoms with Gasteiger partial charge in [-0.3, -0.25) is 4.98 Å². The number of benzene rings is 1. The smallest absolute Gasteiger partial charge is 0.321 e. The van der Waals surface area contributed by atoms with Crippen LogP contribution in [-0.2, 0) is 0 Å². The molecule has 0 bridgehead atoms. The molecule has 2 amide bonds. The average molecular weight is 334 g/mol. The van der Waals surface area contributed by atoms with Crippen LogP contribution < -0.4 is 5.32 Å². The second-order valence-corrected chi connectivity index (χ2v) is 6.42. The average Bonchev–Trinajstić information content (AvgIpc) is 2.58. The number of carbonyl (C=O) groups excluding carboxylic acids is 1. The second kappa shape index (κ2) is 6.72. The first kappa shape index (κ1) is 16.0. The van der Waals surface area contributed by atoms with Crippen LogP contribution in [-0.4, -0.2) is 40.7 Å². The van der Waals surface area contributed by atoms with Crippen LogP contribution in [0.15, 0.2) is 24.4 Å². The number of piperidine rings is 1. The topological polar surface area (TPSA) is 65.5 Å². The number of aliphatic hydroxyl groups excluding tert-OH is 1. The highest BCUT2D eigenvalue weighted by Gasteiger charge is 2.24. The first-order chi connectivity index (χ1) is 11.1. The van der Waals surface area contributed by atoms with E-state index in [1.165, 1.54) is 0 Å². The Labute approximate surface area is 140 Å². The number of carbonyl (C=O) groups is 1. The van der Waals surface area contributed by atoms with Crippen LogP contribution in [0.2, 0.25) is 5.02 Å². The first-order valence-electron chi connectivity index (χ1n) is 7.80. The minimum absolute atomic E-state index is 0.113. The van der Waals surface area contributed by atoms with E-state index in [0.29, 0.717) is 23.8 Å². The number of nitrogens with one attached hydrogen (secondary N) is 1. The van der Waals surface area contributed by atoms with Gasteiger partial charge >= 0.3 is 6.03 Å². The van der Waals surface area contributed by atoms with Gasteiger partial charge < -0.3 is 15.3 Å². The molecule has 1 aliphatic rings. The molecule has 2 N–H and O–H groups in total. The van der Waals surface area contributed by atoms with Gasteiger partial charge in [-0.15, -0.1) is 0 Å². The van der Waals surface area contributed by atoms with E-state index >= 15 is 0 Å². The highest BCUT2D eigenvalue weighted by Crippen LogP contribution is 2.33. The third-order valence-electron chi connectivity index (χ3n) is 4.33. The Balaban J connectivity index is 1.88. The molecule has 1 aliphatic heterocycles. The van der Waals surface area contributed by atoms with Crippen molar-refractivity contribution in [3.63, 3.8) is 0 Å². The van der Waals surface area contributed by atoms with Crippen molar-refractivity contribution in [3.8, 4) is 0 Å². The molecule has 1 saturated heterocycles. The zero-order chi connectivity index (χ0) is 16.4. The molecule has 1 fully saturated rings. The molecular formula is C17H20ClN3O2. The lowest BCUT2D eigenvalue weighted by atomic mass is 9.99. The number of anilines is 1. The van der Waals surface area contributed by atoms with Gasteiger partial charge in [-0.2, -0.15) is 0 Å². The summed E-state index contributed by atoms with van der Waals surface area (Å²) in [5.41, 5.74) is 2.40. The SMILES string of the molecule is Cc1cc(Cl)c(NC(=O)N2CCCC(CO)C2)c2cccnc12. The standard InChI is InChI=1S/C17H20ClN3O2/c1-11-8-14(18)16(13-5-2-6-19-15(11)13)20-17(23)21-7-3-4-12(9-21)10-22/h2,5-6,8,12,22H,3-4,7,9-10H2,1H3,(H,20,23). The number of aromatic nitrogens is 1. The summed E-state index contributed by atoms with van der Waals surface area (Å²) in [6, 6.07) is 5.37. The number of pyridine rings is 1. The van der Waals surface area contributed by atoms with Crippen molar-refractivity contribution in [3.05, 3.63) is 35.0 Å². The highest BCUT2D eigenvalue weighted by molar-refractivity contribution is 6.35. The van der Waals surface area contributed by atoms with Crippen molar-refractivity contribution in [2.45, 2.75) is 19.8 Å². The maximum Gasteiger partial charge on any atom is 0.321 e.